The van der Waals surface area contributed by atoms with Gasteiger partial charge in [0.1, 0.15) is 6.07 Å². The zero-order chi connectivity index (χ0) is 13.0. The summed E-state index contributed by atoms with van der Waals surface area (Å²) in [5, 5.41) is 15.3. The van der Waals surface area contributed by atoms with Gasteiger partial charge in [0.05, 0.1) is 10.6 Å². The minimum atomic E-state index is -0.143. The van der Waals surface area contributed by atoms with Gasteiger partial charge < -0.3 is 10.6 Å². The van der Waals surface area contributed by atoms with E-state index >= 15 is 0 Å². The molecule has 0 aliphatic carbocycles. The van der Waals surface area contributed by atoms with E-state index in [1.165, 1.54) is 6.07 Å². The van der Waals surface area contributed by atoms with Crippen molar-refractivity contribution in [2.75, 3.05) is 13.1 Å². The van der Waals surface area contributed by atoms with Gasteiger partial charge in [0.2, 0.25) is 0 Å². The largest absolute Gasteiger partial charge is 0.348 e. The number of carbonyl (C=O) groups excluding carboxylic acids is 1. The van der Waals surface area contributed by atoms with Crippen molar-refractivity contribution in [1.82, 2.24) is 10.6 Å². The van der Waals surface area contributed by atoms with Gasteiger partial charge in [0.25, 0.3) is 5.91 Å². The molecule has 2 N–H and O–H groups in total. The number of rotatable bonds is 2. The molecule has 18 heavy (non-hydrogen) atoms. The zero-order valence-corrected chi connectivity index (χ0v) is 10.6. The number of amides is 1. The van der Waals surface area contributed by atoms with Crippen molar-refractivity contribution in [2.24, 2.45) is 0 Å². The second-order valence-electron chi connectivity index (χ2n) is 4.32. The smallest absolute Gasteiger partial charge is 0.251 e. The Hall–Kier alpha value is -1.57. The average Bonchev–Trinajstić information content (AvgIpc) is 2.39. The maximum atomic E-state index is 12.0. The minimum absolute atomic E-state index is 0.143. The van der Waals surface area contributed by atoms with Crippen molar-refractivity contribution >= 4 is 17.5 Å². The Morgan fingerprint density at radius 3 is 3.00 bits per heavy atom. The van der Waals surface area contributed by atoms with Gasteiger partial charge in [-0.3, -0.25) is 4.79 Å². The first kappa shape index (κ1) is 12.9. The molecule has 0 bridgehead atoms. The van der Waals surface area contributed by atoms with E-state index in [-0.39, 0.29) is 11.9 Å². The number of hydrogen-bond donors (Lipinski definition) is 2. The molecule has 1 unspecified atom stereocenters. The lowest BCUT2D eigenvalue weighted by Crippen LogP contribution is -2.45. The number of benzene rings is 1. The number of hydrogen-bond acceptors (Lipinski definition) is 3. The van der Waals surface area contributed by atoms with Gasteiger partial charge in [0, 0.05) is 18.2 Å². The van der Waals surface area contributed by atoms with Crippen LogP contribution in [0, 0.1) is 11.3 Å². The summed E-state index contributed by atoms with van der Waals surface area (Å²) in [7, 11) is 0. The quantitative estimate of drug-likeness (QED) is 0.854. The molecule has 1 amide bonds. The highest BCUT2D eigenvalue weighted by Crippen LogP contribution is 2.17. The van der Waals surface area contributed by atoms with Crippen LogP contribution in [0.2, 0.25) is 5.02 Å². The molecule has 0 saturated carbocycles. The van der Waals surface area contributed by atoms with E-state index in [1.807, 2.05) is 6.07 Å². The molecule has 2 rings (SSSR count). The summed E-state index contributed by atoms with van der Waals surface area (Å²) < 4.78 is 0. The van der Waals surface area contributed by atoms with Gasteiger partial charge in [-0.2, -0.15) is 5.26 Å². The molecule has 1 aliphatic heterocycles. The number of piperidine rings is 1. The first-order chi connectivity index (χ1) is 8.70. The maximum absolute atomic E-state index is 12.0. The van der Waals surface area contributed by atoms with Crippen LogP contribution in [0.25, 0.3) is 0 Å². The van der Waals surface area contributed by atoms with Crippen LogP contribution in [0.5, 0.6) is 0 Å². The van der Waals surface area contributed by atoms with E-state index in [2.05, 4.69) is 10.6 Å². The third-order valence-electron chi connectivity index (χ3n) is 2.98. The highest BCUT2D eigenvalue weighted by molar-refractivity contribution is 6.32. The molecule has 1 saturated heterocycles. The van der Waals surface area contributed by atoms with E-state index in [0.29, 0.717) is 16.1 Å². The summed E-state index contributed by atoms with van der Waals surface area (Å²) in [6.45, 7) is 1.81. The summed E-state index contributed by atoms with van der Waals surface area (Å²) in [5.41, 5.74) is 0.872. The first-order valence-corrected chi connectivity index (χ1v) is 6.29. The molecule has 0 aromatic heterocycles. The molecule has 0 radical (unpaired) electrons. The fourth-order valence-corrected chi connectivity index (χ4v) is 2.21. The van der Waals surface area contributed by atoms with E-state index < -0.39 is 0 Å². The lowest BCUT2D eigenvalue weighted by Gasteiger charge is -2.23. The van der Waals surface area contributed by atoms with Crippen molar-refractivity contribution in [3.8, 4) is 6.07 Å². The second kappa shape index (κ2) is 5.85. The molecule has 4 nitrogen and oxygen atoms in total. The molecular formula is C13H14ClN3O. The van der Waals surface area contributed by atoms with E-state index in [9.17, 15) is 4.79 Å². The Morgan fingerprint density at radius 1 is 1.56 bits per heavy atom. The van der Waals surface area contributed by atoms with Crippen LogP contribution in [0.4, 0.5) is 0 Å². The lowest BCUT2D eigenvalue weighted by molar-refractivity contribution is 0.0930. The van der Waals surface area contributed by atoms with Gasteiger partial charge in [-0.25, -0.2) is 0 Å². The molecule has 0 spiro atoms. The second-order valence-corrected chi connectivity index (χ2v) is 4.73. The molecule has 1 atom stereocenters. The Labute approximate surface area is 111 Å². The average molecular weight is 264 g/mol. The summed E-state index contributed by atoms with van der Waals surface area (Å²) in [6.07, 6.45) is 2.06. The van der Waals surface area contributed by atoms with Gasteiger partial charge >= 0.3 is 0 Å². The first-order valence-electron chi connectivity index (χ1n) is 5.92. The highest BCUT2D eigenvalue weighted by atomic mass is 35.5. The maximum Gasteiger partial charge on any atom is 0.251 e. The summed E-state index contributed by atoms with van der Waals surface area (Å²) in [6, 6.07) is 6.86. The van der Waals surface area contributed by atoms with Crippen molar-refractivity contribution in [3.05, 3.63) is 34.3 Å². The van der Waals surface area contributed by atoms with Crippen LogP contribution in [-0.4, -0.2) is 25.0 Å². The Kier molecular flexibility index (Phi) is 4.19. The van der Waals surface area contributed by atoms with Gasteiger partial charge in [-0.05, 0) is 37.6 Å². The van der Waals surface area contributed by atoms with Crippen LogP contribution >= 0.6 is 11.6 Å². The van der Waals surface area contributed by atoms with Crippen molar-refractivity contribution in [1.29, 1.82) is 5.26 Å². The highest BCUT2D eigenvalue weighted by Gasteiger charge is 2.16. The Morgan fingerprint density at radius 2 is 2.39 bits per heavy atom. The molecule has 1 aliphatic rings. The topological polar surface area (TPSA) is 64.9 Å². The van der Waals surface area contributed by atoms with E-state index in [1.54, 1.807) is 12.1 Å². The van der Waals surface area contributed by atoms with Crippen LogP contribution in [-0.2, 0) is 0 Å². The zero-order valence-electron chi connectivity index (χ0n) is 9.87. The lowest BCUT2D eigenvalue weighted by atomic mass is 10.1. The Bertz CT molecular complexity index is 489. The van der Waals surface area contributed by atoms with E-state index in [0.717, 1.165) is 25.9 Å². The molecular weight excluding hydrogens is 250 g/mol. The van der Waals surface area contributed by atoms with Gasteiger partial charge in [-0.15, -0.1) is 0 Å². The number of carbonyl (C=O) groups is 1. The number of nitriles is 1. The third kappa shape index (κ3) is 3.00. The normalized spacial score (nSPS) is 19.0. The van der Waals surface area contributed by atoms with Crippen LogP contribution in [0.3, 0.4) is 0 Å². The van der Waals surface area contributed by atoms with Crippen LogP contribution in [0.15, 0.2) is 18.2 Å². The molecule has 1 fully saturated rings. The van der Waals surface area contributed by atoms with Crippen molar-refractivity contribution < 1.29 is 4.79 Å². The van der Waals surface area contributed by atoms with Crippen molar-refractivity contribution in [3.63, 3.8) is 0 Å². The predicted octanol–water partition coefficient (Wildman–Crippen LogP) is 1.69. The SMILES string of the molecule is N#Cc1ccc(C(=O)NC2CCCNC2)cc1Cl. The molecule has 1 aromatic rings. The minimum Gasteiger partial charge on any atom is -0.348 e. The van der Waals surface area contributed by atoms with Crippen molar-refractivity contribution in [2.45, 2.75) is 18.9 Å². The molecule has 1 aromatic carbocycles. The predicted molar refractivity (Wildman–Crippen MR) is 69.5 cm³/mol. The molecule has 94 valence electrons. The summed E-state index contributed by atoms with van der Waals surface area (Å²) >= 11 is 5.90. The number of nitrogens with zero attached hydrogens (tertiary/aromatic N) is 1. The van der Waals surface area contributed by atoms with Crippen LogP contribution in [0.1, 0.15) is 28.8 Å². The molecule has 1 heterocycles. The third-order valence-corrected chi connectivity index (χ3v) is 3.30. The number of nitrogens with one attached hydrogen (secondary N) is 2. The summed E-state index contributed by atoms with van der Waals surface area (Å²) in [4.78, 5) is 12.0. The fourth-order valence-electron chi connectivity index (χ4n) is 1.99. The monoisotopic (exact) mass is 263 g/mol. The summed E-state index contributed by atoms with van der Waals surface area (Å²) in [5.74, 6) is -0.143. The van der Waals surface area contributed by atoms with Gasteiger partial charge in [0.15, 0.2) is 0 Å². The van der Waals surface area contributed by atoms with Gasteiger partial charge in [-0.1, -0.05) is 11.6 Å². The Balaban J connectivity index is 2.04. The number of halogens is 1. The standard InChI is InChI=1S/C13H14ClN3O/c14-12-6-9(3-4-10(12)7-15)13(18)17-11-2-1-5-16-8-11/h3-4,6,11,16H,1-2,5,8H2,(H,17,18). The van der Waals surface area contributed by atoms with E-state index in [4.69, 9.17) is 16.9 Å². The molecule has 5 heteroatoms. The van der Waals surface area contributed by atoms with Crippen LogP contribution < -0.4 is 10.6 Å². The fraction of sp³-hybridized carbons (Fsp3) is 0.385.